The molecule has 3 aromatic rings. The Kier molecular flexibility index (Phi) is 8.66. The Bertz CT molecular complexity index is 1460. The summed E-state index contributed by atoms with van der Waals surface area (Å²) < 4.78 is 26.1. The van der Waals surface area contributed by atoms with Crippen molar-refractivity contribution in [3.8, 4) is 0 Å². The largest absolute Gasteiger partial charge is 0.304 e. The number of hydrogen-bond donors (Lipinski definition) is 1. The molecular weight excluding hydrogens is 567 g/mol. The van der Waals surface area contributed by atoms with Crippen LogP contribution >= 0.6 is 23.2 Å². The molecule has 3 aromatic carbocycles. The maximum Gasteiger partial charge on any atom is 0.265 e. The van der Waals surface area contributed by atoms with Crippen LogP contribution in [0.2, 0.25) is 10.0 Å². The van der Waals surface area contributed by atoms with Gasteiger partial charge in [0.05, 0.1) is 10.9 Å². The van der Waals surface area contributed by atoms with Crippen molar-refractivity contribution < 1.29 is 13.2 Å². The van der Waals surface area contributed by atoms with E-state index in [1.807, 2.05) is 53.5 Å². The van der Waals surface area contributed by atoms with E-state index in [1.165, 1.54) is 6.26 Å². The molecule has 0 saturated carbocycles. The number of likely N-dealkylation sites (tertiary alicyclic amines) is 1. The lowest BCUT2D eigenvalue weighted by Crippen LogP contribution is -2.52. The Morgan fingerprint density at radius 3 is 1.88 bits per heavy atom. The molecule has 0 aliphatic carbocycles. The fraction of sp³-hybridized carbons (Fsp3) is 0.300. The second-order valence-electron chi connectivity index (χ2n) is 10.4. The number of nitrogens with one attached hydrogen (secondary N) is 1. The summed E-state index contributed by atoms with van der Waals surface area (Å²) in [5, 5.41) is 3.21. The Labute approximate surface area is 245 Å². The first-order valence-electron chi connectivity index (χ1n) is 13.1. The molecule has 7 nitrogen and oxygen atoms in total. The van der Waals surface area contributed by atoms with E-state index in [0.717, 1.165) is 42.9 Å². The molecule has 0 aromatic heterocycles. The van der Waals surface area contributed by atoms with Crippen molar-refractivity contribution in [3.05, 3.63) is 111 Å². The third kappa shape index (κ3) is 6.60. The maximum absolute atomic E-state index is 13.1. The third-order valence-corrected chi connectivity index (χ3v) is 9.14. The molecule has 210 valence electrons. The first-order valence-corrected chi connectivity index (χ1v) is 15.8. The first kappa shape index (κ1) is 28.8. The number of rotatable bonds is 7. The van der Waals surface area contributed by atoms with Crippen molar-refractivity contribution in [3.63, 3.8) is 0 Å². The van der Waals surface area contributed by atoms with Gasteiger partial charge in [-0.25, -0.2) is 13.4 Å². The van der Waals surface area contributed by atoms with Gasteiger partial charge in [0.1, 0.15) is 0 Å². The van der Waals surface area contributed by atoms with Gasteiger partial charge in [0.15, 0.2) is 9.84 Å². The summed E-state index contributed by atoms with van der Waals surface area (Å²) in [7, 11) is -1.52. The van der Waals surface area contributed by atoms with E-state index < -0.39 is 9.84 Å². The lowest BCUT2D eigenvalue weighted by molar-refractivity contribution is 0.0662. The smallest absolute Gasteiger partial charge is 0.265 e. The van der Waals surface area contributed by atoms with Crippen LogP contribution in [0.3, 0.4) is 0 Å². The fourth-order valence-corrected chi connectivity index (χ4v) is 6.74. The van der Waals surface area contributed by atoms with Crippen molar-refractivity contribution in [1.29, 1.82) is 0 Å². The molecule has 0 unspecified atom stereocenters. The molecule has 10 heteroatoms. The van der Waals surface area contributed by atoms with Crippen LogP contribution in [0.15, 0.2) is 78.4 Å². The van der Waals surface area contributed by atoms with Gasteiger partial charge in [0.2, 0.25) is 0 Å². The van der Waals surface area contributed by atoms with Crippen molar-refractivity contribution in [1.82, 2.24) is 20.2 Å². The number of amides is 1. The first-order chi connectivity index (χ1) is 19.1. The van der Waals surface area contributed by atoms with Gasteiger partial charge in [-0.3, -0.25) is 15.1 Å². The summed E-state index contributed by atoms with van der Waals surface area (Å²) in [5.74, 6) is -0.245. The number of benzene rings is 3. The number of piperazine rings is 1. The predicted octanol–water partition coefficient (Wildman–Crippen LogP) is 4.75. The molecule has 40 heavy (non-hydrogen) atoms. The van der Waals surface area contributed by atoms with Crippen LogP contribution in [-0.2, 0) is 9.84 Å². The van der Waals surface area contributed by atoms with E-state index in [2.05, 4.69) is 22.3 Å². The van der Waals surface area contributed by atoms with Crippen LogP contribution in [0.5, 0.6) is 0 Å². The molecule has 0 atom stereocenters. The monoisotopic (exact) mass is 598 g/mol. The van der Waals surface area contributed by atoms with Crippen molar-refractivity contribution in [2.24, 2.45) is 0 Å². The van der Waals surface area contributed by atoms with E-state index in [9.17, 15) is 13.2 Å². The number of carbonyl (C=O) groups excluding carboxylic acids is 1. The number of likely N-dealkylation sites (N-methyl/N-ethyl adjacent to an activating group) is 1. The Balaban J connectivity index is 1.41. The van der Waals surface area contributed by atoms with Gasteiger partial charge in [0.25, 0.3) is 5.91 Å². The van der Waals surface area contributed by atoms with E-state index in [-0.39, 0.29) is 16.9 Å². The number of sulfone groups is 1. The normalized spacial score (nSPS) is 17.1. The second-order valence-corrected chi connectivity index (χ2v) is 13.3. The number of hydrogen-bond acceptors (Lipinski definition) is 6. The van der Waals surface area contributed by atoms with E-state index in [4.69, 9.17) is 23.2 Å². The molecule has 5 rings (SSSR count). The third-order valence-electron chi connectivity index (χ3n) is 7.37. The molecule has 0 spiro atoms. The summed E-state index contributed by atoms with van der Waals surface area (Å²) >= 11 is 12.3. The maximum atomic E-state index is 13.1. The van der Waals surface area contributed by atoms with E-state index in [1.54, 1.807) is 24.3 Å². The van der Waals surface area contributed by atoms with Crippen LogP contribution in [0.1, 0.15) is 33.1 Å². The molecule has 0 bridgehead atoms. The molecule has 1 amide bonds. The number of nitrogens with zero attached hydrogens (tertiary/aromatic N) is 3. The Morgan fingerprint density at radius 2 is 1.35 bits per heavy atom. The van der Waals surface area contributed by atoms with Crippen molar-refractivity contribution >= 4 is 43.9 Å². The number of carbonyl (C=O) groups is 1. The summed E-state index contributed by atoms with van der Waals surface area (Å²) in [6.45, 7) is 4.14. The SMILES string of the molecule is CN1CCN(NC(=O)c2cccc(C(=C3CN(C(c4ccc(Cl)cc4)c4ccc(Cl)cc4)C3)S(C)(=O)=O)c2)CC1. The zero-order valence-electron chi connectivity index (χ0n) is 22.5. The minimum absolute atomic E-state index is 0.0974. The average molecular weight is 600 g/mol. The quantitative estimate of drug-likeness (QED) is 0.423. The lowest BCUT2D eigenvalue weighted by atomic mass is 9.92. The number of hydrazine groups is 1. The minimum Gasteiger partial charge on any atom is -0.304 e. The van der Waals surface area contributed by atoms with Crippen molar-refractivity contribution in [2.75, 3.05) is 52.6 Å². The van der Waals surface area contributed by atoms with E-state index >= 15 is 0 Å². The lowest BCUT2D eigenvalue weighted by Gasteiger charge is -2.42. The fourth-order valence-electron chi connectivity index (χ4n) is 5.28. The summed E-state index contributed by atoms with van der Waals surface area (Å²) in [6, 6.07) is 22.2. The molecular formula is C30H32Cl2N4O3S. The topological polar surface area (TPSA) is 73.0 Å². The Morgan fingerprint density at radius 1 is 0.825 bits per heavy atom. The van der Waals surface area contributed by atoms with Crippen LogP contribution in [-0.4, -0.2) is 81.7 Å². The van der Waals surface area contributed by atoms with Crippen LogP contribution in [0, 0.1) is 0 Å². The zero-order chi connectivity index (χ0) is 28.4. The van der Waals surface area contributed by atoms with Gasteiger partial charge in [-0.1, -0.05) is 59.6 Å². The van der Waals surface area contributed by atoms with E-state index in [0.29, 0.717) is 34.3 Å². The summed E-state index contributed by atoms with van der Waals surface area (Å²) in [5.41, 5.74) is 6.82. The van der Waals surface area contributed by atoms with Crippen LogP contribution in [0.25, 0.3) is 4.91 Å². The zero-order valence-corrected chi connectivity index (χ0v) is 24.8. The molecule has 2 heterocycles. The highest BCUT2D eigenvalue weighted by molar-refractivity contribution is 8.00. The molecule has 2 aliphatic heterocycles. The highest BCUT2D eigenvalue weighted by Crippen LogP contribution is 2.38. The van der Waals surface area contributed by atoms with Gasteiger partial charge in [-0.05, 0) is 65.7 Å². The molecule has 2 fully saturated rings. The van der Waals surface area contributed by atoms with Gasteiger partial charge < -0.3 is 4.90 Å². The van der Waals surface area contributed by atoms with Crippen LogP contribution < -0.4 is 5.43 Å². The number of halogens is 2. The van der Waals surface area contributed by atoms with Gasteiger partial charge >= 0.3 is 0 Å². The molecule has 1 N–H and O–H groups in total. The molecule has 2 saturated heterocycles. The van der Waals surface area contributed by atoms with Crippen molar-refractivity contribution in [2.45, 2.75) is 6.04 Å². The highest BCUT2D eigenvalue weighted by atomic mass is 35.5. The minimum atomic E-state index is -3.57. The van der Waals surface area contributed by atoms with Gasteiger partial charge in [-0.15, -0.1) is 0 Å². The highest BCUT2D eigenvalue weighted by Gasteiger charge is 2.35. The predicted molar refractivity (Wildman–Crippen MR) is 161 cm³/mol. The van der Waals surface area contributed by atoms with Crippen LogP contribution in [0.4, 0.5) is 0 Å². The standard InChI is InChI=1S/C30H32Cl2N4O3S/c1-34-14-16-36(17-15-34)33-30(37)24-5-3-4-23(18-24)29(40(2,38)39)25-19-35(20-25)28(21-6-10-26(31)11-7-21)22-8-12-27(32)13-9-22/h3-13,18,28H,14-17,19-20H2,1-2H3,(H,33,37). The summed E-state index contributed by atoms with van der Waals surface area (Å²) in [4.78, 5) is 17.7. The van der Waals surface area contributed by atoms with Gasteiger partial charge in [-0.2, -0.15) is 0 Å². The second kappa shape index (κ2) is 12.0. The summed E-state index contributed by atoms with van der Waals surface area (Å²) in [6.07, 6.45) is 1.23. The molecule has 0 radical (unpaired) electrons. The Hall–Kier alpha value is -2.72. The van der Waals surface area contributed by atoms with Gasteiger partial charge in [0, 0.05) is 61.1 Å². The molecule has 2 aliphatic rings. The average Bonchev–Trinajstić information content (AvgIpc) is 2.90.